The van der Waals surface area contributed by atoms with Gasteiger partial charge in [0.1, 0.15) is 11.4 Å². The molecule has 0 radical (unpaired) electrons. The summed E-state index contributed by atoms with van der Waals surface area (Å²) >= 11 is 0. The lowest BCUT2D eigenvalue weighted by molar-refractivity contribution is -0.218. The van der Waals surface area contributed by atoms with Crippen molar-refractivity contribution in [3.05, 3.63) is 0 Å². The maximum Gasteiger partial charge on any atom is 0.384 e. The van der Waals surface area contributed by atoms with Gasteiger partial charge in [-0.1, -0.05) is 19.8 Å². The van der Waals surface area contributed by atoms with Crippen molar-refractivity contribution in [1.29, 1.82) is 0 Å². The van der Waals surface area contributed by atoms with Crippen molar-refractivity contribution in [2.75, 3.05) is 6.61 Å². The Bertz CT molecular complexity index is 932. The SMILES string of the molecule is CCOC(=O)C#C[C@]1(O)C2CC2C2C3C4CC4[C@]4(O)CC(=O)CC[C@]4(C)C3CC[C@@]21C. The molecule has 31 heavy (non-hydrogen) atoms. The first-order valence-corrected chi connectivity index (χ1v) is 12.3. The molecule has 0 heterocycles. The number of esters is 1. The van der Waals surface area contributed by atoms with Gasteiger partial charge >= 0.3 is 5.97 Å². The summed E-state index contributed by atoms with van der Waals surface area (Å²) in [6.45, 7) is 6.50. The van der Waals surface area contributed by atoms with Crippen LogP contribution in [-0.4, -0.2) is 39.8 Å². The van der Waals surface area contributed by atoms with Crippen molar-refractivity contribution in [3.8, 4) is 11.8 Å². The number of ether oxygens (including phenoxy) is 1. The lowest BCUT2D eigenvalue weighted by atomic mass is 9.42. The van der Waals surface area contributed by atoms with E-state index in [0.29, 0.717) is 42.4 Å². The van der Waals surface area contributed by atoms with Crippen LogP contribution in [-0.2, 0) is 14.3 Å². The number of hydrogen-bond acceptors (Lipinski definition) is 5. The minimum absolute atomic E-state index is 0.141. The third kappa shape index (κ3) is 2.27. The van der Waals surface area contributed by atoms with Crippen molar-refractivity contribution in [3.63, 3.8) is 0 Å². The summed E-state index contributed by atoms with van der Waals surface area (Å²) in [5, 5.41) is 23.7. The van der Waals surface area contributed by atoms with Gasteiger partial charge in [0.05, 0.1) is 12.2 Å². The largest absolute Gasteiger partial charge is 0.456 e. The van der Waals surface area contributed by atoms with Gasteiger partial charge in [-0.25, -0.2) is 4.79 Å². The van der Waals surface area contributed by atoms with Gasteiger partial charge in [-0.05, 0) is 74.5 Å². The smallest absolute Gasteiger partial charge is 0.384 e. The van der Waals surface area contributed by atoms with Crippen molar-refractivity contribution in [2.45, 2.75) is 76.9 Å². The van der Waals surface area contributed by atoms with Crippen LogP contribution in [0.25, 0.3) is 0 Å². The zero-order valence-corrected chi connectivity index (χ0v) is 18.8. The molecule has 0 aromatic rings. The Kier molecular flexibility index (Phi) is 3.88. The van der Waals surface area contributed by atoms with E-state index in [1.54, 1.807) is 6.92 Å². The van der Waals surface area contributed by atoms with Crippen LogP contribution in [0.4, 0.5) is 0 Å². The van der Waals surface area contributed by atoms with Gasteiger partial charge in [0.25, 0.3) is 0 Å². The van der Waals surface area contributed by atoms with Crippen LogP contribution in [0.15, 0.2) is 0 Å². The second-order valence-electron chi connectivity index (χ2n) is 12.0. The van der Waals surface area contributed by atoms with E-state index in [2.05, 4.69) is 25.7 Å². The number of Topliss-reactive ketones (excluding diaryl/α,β-unsaturated/α-hetero) is 1. The van der Waals surface area contributed by atoms with Gasteiger partial charge in [-0.15, -0.1) is 0 Å². The molecule has 0 aromatic carbocycles. The number of aliphatic hydroxyl groups is 2. The molecule has 0 aliphatic heterocycles. The summed E-state index contributed by atoms with van der Waals surface area (Å²) in [5.41, 5.74) is -2.53. The molecule has 0 saturated heterocycles. The van der Waals surface area contributed by atoms with E-state index >= 15 is 0 Å². The molecular weight excluding hydrogens is 392 g/mol. The Balaban J connectivity index is 1.37. The Hall–Kier alpha value is -1.38. The van der Waals surface area contributed by atoms with Crippen LogP contribution in [0.3, 0.4) is 0 Å². The monoisotopic (exact) mass is 426 g/mol. The summed E-state index contributed by atoms with van der Waals surface area (Å²) in [6.07, 6.45) is 5.51. The Morgan fingerprint density at radius 2 is 1.84 bits per heavy atom. The maximum absolute atomic E-state index is 12.3. The zero-order valence-electron chi connectivity index (χ0n) is 18.8. The van der Waals surface area contributed by atoms with Crippen molar-refractivity contribution in [2.24, 2.45) is 52.3 Å². The second-order valence-corrected chi connectivity index (χ2v) is 12.0. The minimum atomic E-state index is -1.14. The third-order valence-electron chi connectivity index (χ3n) is 11.1. The number of ketones is 1. The maximum atomic E-state index is 12.3. The highest BCUT2D eigenvalue weighted by Crippen LogP contribution is 2.81. The van der Waals surface area contributed by atoms with E-state index in [9.17, 15) is 19.8 Å². The van der Waals surface area contributed by atoms with Crippen molar-refractivity contribution < 1.29 is 24.5 Å². The predicted octanol–water partition coefficient (Wildman–Crippen LogP) is 2.72. The first-order valence-electron chi connectivity index (χ1n) is 12.3. The molecule has 5 heteroatoms. The van der Waals surface area contributed by atoms with Gasteiger partial charge in [0.2, 0.25) is 0 Å². The molecule has 11 atom stereocenters. The van der Waals surface area contributed by atoms with Gasteiger partial charge < -0.3 is 14.9 Å². The average molecular weight is 427 g/mol. The van der Waals surface area contributed by atoms with E-state index in [-0.39, 0.29) is 35.1 Å². The highest BCUT2D eigenvalue weighted by Gasteiger charge is 2.81. The van der Waals surface area contributed by atoms with E-state index in [0.717, 1.165) is 32.1 Å². The number of fused-ring (bicyclic) bond motifs is 10. The van der Waals surface area contributed by atoms with E-state index in [4.69, 9.17) is 4.74 Å². The fourth-order valence-corrected chi connectivity index (χ4v) is 9.52. The average Bonchev–Trinajstić information content (AvgIpc) is 3.61. The summed E-state index contributed by atoms with van der Waals surface area (Å²) in [4.78, 5) is 24.2. The molecule has 6 aliphatic rings. The highest BCUT2D eigenvalue weighted by molar-refractivity contribution is 5.88. The number of rotatable bonds is 1. The molecule has 5 nitrogen and oxygen atoms in total. The fraction of sp³-hybridized carbons (Fsp3) is 0.846. The second kappa shape index (κ2) is 5.94. The molecule has 0 aromatic heterocycles. The predicted molar refractivity (Wildman–Crippen MR) is 112 cm³/mol. The molecular formula is C26H34O5. The summed E-state index contributed by atoms with van der Waals surface area (Å²) in [5.74, 6) is 7.82. The van der Waals surface area contributed by atoms with E-state index in [1.807, 2.05) is 0 Å². The highest BCUT2D eigenvalue weighted by atomic mass is 16.5. The summed E-state index contributed by atoms with van der Waals surface area (Å²) in [7, 11) is 0. The van der Waals surface area contributed by atoms with Crippen molar-refractivity contribution >= 4 is 11.8 Å². The summed E-state index contributed by atoms with van der Waals surface area (Å²) in [6, 6.07) is 0. The van der Waals surface area contributed by atoms with Gasteiger partial charge in [0.15, 0.2) is 0 Å². The molecule has 0 bridgehead atoms. The first kappa shape index (κ1) is 20.2. The lowest BCUT2D eigenvalue weighted by Gasteiger charge is -2.63. The standard InChI is InChI=1S/C26H34O5/c1-4-31-20(28)7-10-25(29)19-12-16(19)22-21-15-11-18(15)26(30)13-14(27)5-8-23(26,2)17(21)6-9-24(22,25)3/h15-19,21-22,29-30H,4-6,8-9,11-13H2,1-3H3/t15?,16?,17?,18?,19?,21?,22?,23-,24+,25+,26-/m1/s1. The van der Waals surface area contributed by atoms with Gasteiger partial charge in [0, 0.05) is 35.5 Å². The lowest BCUT2D eigenvalue weighted by Crippen LogP contribution is -2.65. The van der Waals surface area contributed by atoms with E-state index < -0.39 is 17.2 Å². The molecule has 6 saturated carbocycles. The molecule has 7 unspecified atom stereocenters. The molecule has 0 amide bonds. The van der Waals surface area contributed by atoms with Crippen LogP contribution in [0, 0.1) is 64.1 Å². The van der Waals surface area contributed by atoms with Crippen LogP contribution in [0.2, 0.25) is 0 Å². The number of carbonyl (C=O) groups excluding carboxylic acids is 2. The van der Waals surface area contributed by atoms with Crippen LogP contribution >= 0.6 is 0 Å². The Labute approximate surface area is 184 Å². The van der Waals surface area contributed by atoms with E-state index in [1.165, 1.54) is 0 Å². The molecule has 0 spiro atoms. The molecule has 168 valence electrons. The normalized spacial score (nSPS) is 57.8. The van der Waals surface area contributed by atoms with Crippen LogP contribution < -0.4 is 0 Å². The van der Waals surface area contributed by atoms with Gasteiger partial charge in [-0.2, -0.15) is 0 Å². The van der Waals surface area contributed by atoms with Gasteiger partial charge in [-0.3, -0.25) is 4.79 Å². The Morgan fingerprint density at radius 1 is 1.10 bits per heavy atom. The molecule has 6 aliphatic carbocycles. The fourth-order valence-electron chi connectivity index (χ4n) is 9.52. The minimum Gasteiger partial charge on any atom is -0.456 e. The topological polar surface area (TPSA) is 83.8 Å². The first-order chi connectivity index (χ1) is 14.6. The number of carbonyl (C=O) groups is 2. The van der Waals surface area contributed by atoms with Crippen LogP contribution in [0.5, 0.6) is 0 Å². The molecule has 6 rings (SSSR count). The molecule has 6 fully saturated rings. The summed E-state index contributed by atoms with van der Waals surface area (Å²) < 4.78 is 4.99. The third-order valence-corrected chi connectivity index (χ3v) is 11.1. The van der Waals surface area contributed by atoms with Crippen LogP contribution in [0.1, 0.15) is 65.7 Å². The zero-order chi connectivity index (χ0) is 22.0. The molecule has 2 N–H and O–H groups in total. The van der Waals surface area contributed by atoms with Crippen molar-refractivity contribution in [1.82, 2.24) is 0 Å². The Morgan fingerprint density at radius 3 is 2.58 bits per heavy atom. The number of hydrogen-bond donors (Lipinski definition) is 2. The quantitative estimate of drug-likeness (QED) is 0.383.